The van der Waals surface area contributed by atoms with Gasteiger partial charge in [-0.2, -0.15) is 4.57 Å². The first-order valence-corrected chi connectivity index (χ1v) is 3.97. The second-order valence-electron chi connectivity index (χ2n) is 1.76. The summed E-state index contributed by atoms with van der Waals surface area (Å²) in [6.07, 6.45) is 1.97. The molecular formula is C6H6ClI2N. The molecule has 0 aliphatic rings. The minimum atomic E-state index is 0. The molecule has 0 spiro atoms. The normalized spacial score (nSPS) is 8.70. The van der Waals surface area contributed by atoms with Crippen molar-refractivity contribution >= 4 is 34.2 Å². The van der Waals surface area contributed by atoms with E-state index in [-0.39, 0.29) is 24.0 Å². The van der Waals surface area contributed by atoms with Gasteiger partial charge in [0.15, 0.2) is 6.20 Å². The lowest BCUT2D eigenvalue weighted by molar-refractivity contribution is -0.684. The molecule has 0 saturated carbocycles. The van der Waals surface area contributed by atoms with E-state index < -0.39 is 0 Å². The first-order chi connectivity index (χ1) is 4.22. The van der Waals surface area contributed by atoms with E-state index in [1.54, 1.807) is 0 Å². The van der Waals surface area contributed by atoms with Crippen molar-refractivity contribution in [2.75, 3.05) is 0 Å². The Bertz CT molecular complexity index is 207. The lowest BCUT2D eigenvalue weighted by Crippen LogP contribution is -3.00. The molecule has 10 heavy (non-hydrogen) atoms. The second kappa shape index (κ2) is 4.71. The molecule has 0 unspecified atom stereocenters. The summed E-state index contributed by atoms with van der Waals surface area (Å²) < 4.78 is 3.04. The van der Waals surface area contributed by atoms with Crippen LogP contribution in [0.2, 0.25) is 5.02 Å². The molecule has 0 saturated heterocycles. The van der Waals surface area contributed by atoms with Crippen molar-refractivity contribution in [3.8, 4) is 0 Å². The predicted octanol–water partition coefficient (Wildman–Crippen LogP) is -1.23. The van der Waals surface area contributed by atoms with Crippen LogP contribution in [-0.4, -0.2) is 0 Å². The first-order valence-electron chi connectivity index (χ1n) is 2.51. The van der Waals surface area contributed by atoms with Crippen molar-refractivity contribution in [3.63, 3.8) is 0 Å². The molecule has 0 aliphatic heterocycles. The van der Waals surface area contributed by atoms with Gasteiger partial charge in [-0.05, 0) is 6.07 Å². The van der Waals surface area contributed by atoms with Gasteiger partial charge in [0.25, 0.3) is 3.70 Å². The van der Waals surface area contributed by atoms with Crippen LogP contribution in [0.15, 0.2) is 18.3 Å². The van der Waals surface area contributed by atoms with E-state index in [4.69, 9.17) is 11.6 Å². The van der Waals surface area contributed by atoms with Gasteiger partial charge in [-0.3, -0.25) is 0 Å². The molecule has 0 fully saturated rings. The summed E-state index contributed by atoms with van der Waals surface area (Å²) in [6, 6.07) is 3.80. The fourth-order valence-electron chi connectivity index (χ4n) is 0.559. The Morgan fingerprint density at radius 1 is 1.60 bits per heavy atom. The van der Waals surface area contributed by atoms with E-state index >= 15 is 0 Å². The van der Waals surface area contributed by atoms with Crippen molar-refractivity contribution in [2.45, 2.75) is 0 Å². The number of aromatic nitrogens is 1. The van der Waals surface area contributed by atoms with Gasteiger partial charge < -0.3 is 24.0 Å². The van der Waals surface area contributed by atoms with Gasteiger partial charge in [-0.15, -0.1) is 0 Å². The van der Waals surface area contributed by atoms with Crippen LogP contribution < -0.4 is 28.5 Å². The molecule has 1 rings (SSSR count). The van der Waals surface area contributed by atoms with Crippen LogP contribution in [0.3, 0.4) is 0 Å². The highest BCUT2D eigenvalue weighted by Gasteiger charge is 2.04. The molecule has 1 aromatic heterocycles. The number of hydrogen-bond acceptors (Lipinski definition) is 0. The Balaban J connectivity index is 0.000000810. The first kappa shape index (κ1) is 10.9. The molecule has 0 amide bonds. The van der Waals surface area contributed by atoms with E-state index in [9.17, 15) is 0 Å². The molecule has 1 heterocycles. The quantitative estimate of drug-likeness (QED) is 0.301. The molecule has 0 aromatic carbocycles. The van der Waals surface area contributed by atoms with Crippen molar-refractivity contribution in [1.29, 1.82) is 0 Å². The number of aryl methyl sites for hydroxylation is 1. The van der Waals surface area contributed by atoms with Gasteiger partial charge in [0.1, 0.15) is 12.1 Å². The SMILES string of the molecule is C[n+]1cccc(Cl)c1I.[I-]. The minimum Gasteiger partial charge on any atom is -1.00 e. The fourth-order valence-corrected chi connectivity index (χ4v) is 1.11. The van der Waals surface area contributed by atoms with Crippen molar-refractivity contribution in [3.05, 3.63) is 27.1 Å². The average molecular weight is 381 g/mol. The zero-order valence-electron chi connectivity index (χ0n) is 5.31. The molecular weight excluding hydrogens is 375 g/mol. The molecule has 0 aliphatic carbocycles. The van der Waals surface area contributed by atoms with Crippen LogP contribution in [0, 0.1) is 3.70 Å². The van der Waals surface area contributed by atoms with E-state index in [0.29, 0.717) is 0 Å². The van der Waals surface area contributed by atoms with Gasteiger partial charge >= 0.3 is 0 Å². The standard InChI is InChI=1S/C6H6ClIN.HI/c1-9-4-2-3-5(7)6(9)8;/h2-4H,1H3;1H/q+1;/p-1. The maximum absolute atomic E-state index is 5.79. The fraction of sp³-hybridized carbons (Fsp3) is 0.167. The highest BCUT2D eigenvalue weighted by atomic mass is 127. The van der Waals surface area contributed by atoms with E-state index in [1.807, 2.05) is 29.9 Å². The molecule has 56 valence electrons. The maximum Gasteiger partial charge on any atom is 0.259 e. The molecule has 1 nitrogen and oxygen atoms in total. The van der Waals surface area contributed by atoms with Gasteiger partial charge in [0.05, 0.1) is 0 Å². The van der Waals surface area contributed by atoms with Crippen LogP contribution in [0.25, 0.3) is 0 Å². The Morgan fingerprint density at radius 3 is 2.60 bits per heavy atom. The number of nitrogens with zero attached hydrogens (tertiary/aromatic N) is 1. The predicted molar refractivity (Wildman–Crippen MR) is 45.3 cm³/mol. The van der Waals surface area contributed by atoms with Crippen molar-refractivity contribution < 1.29 is 28.5 Å². The van der Waals surface area contributed by atoms with Crippen molar-refractivity contribution in [2.24, 2.45) is 7.05 Å². The molecule has 0 bridgehead atoms. The van der Waals surface area contributed by atoms with E-state index in [1.165, 1.54) is 0 Å². The smallest absolute Gasteiger partial charge is 0.259 e. The summed E-state index contributed by atoms with van der Waals surface area (Å²) in [5, 5.41) is 0.806. The van der Waals surface area contributed by atoms with Gasteiger partial charge in [-0.1, -0.05) is 11.6 Å². The monoisotopic (exact) mass is 381 g/mol. The van der Waals surface area contributed by atoms with Crippen LogP contribution in [-0.2, 0) is 7.05 Å². The summed E-state index contributed by atoms with van der Waals surface area (Å²) >= 11 is 7.99. The molecule has 0 radical (unpaired) electrons. The third-order valence-corrected chi connectivity index (χ3v) is 3.02. The molecule has 0 N–H and O–H groups in total. The van der Waals surface area contributed by atoms with E-state index in [2.05, 4.69) is 22.6 Å². The maximum atomic E-state index is 5.79. The average Bonchev–Trinajstić information content (AvgIpc) is 1.83. The third-order valence-electron chi connectivity index (χ3n) is 1.06. The topological polar surface area (TPSA) is 3.88 Å². The van der Waals surface area contributed by atoms with Gasteiger partial charge in [0, 0.05) is 28.7 Å². The Labute approximate surface area is 95.9 Å². The van der Waals surface area contributed by atoms with Crippen LogP contribution >= 0.6 is 34.2 Å². The van der Waals surface area contributed by atoms with Crippen LogP contribution in [0.4, 0.5) is 0 Å². The Morgan fingerprint density at radius 2 is 2.20 bits per heavy atom. The summed E-state index contributed by atoms with van der Waals surface area (Å²) in [7, 11) is 1.97. The highest BCUT2D eigenvalue weighted by molar-refractivity contribution is 14.1. The number of pyridine rings is 1. The Kier molecular flexibility index (Phi) is 5.14. The van der Waals surface area contributed by atoms with Gasteiger partial charge in [-0.25, -0.2) is 0 Å². The molecule has 1 aromatic rings. The lowest BCUT2D eigenvalue weighted by Gasteiger charge is -1.90. The zero-order valence-corrected chi connectivity index (χ0v) is 10.4. The summed E-state index contributed by atoms with van der Waals surface area (Å²) in [4.78, 5) is 0. The number of hydrogen-bond donors (Lipinski definition) is 0. The summed E-state index contributed by atoms with van der Waals surface area (Å²) in [5.74, 6) is 0. The molecule has 4 heteroatoms. The van der Waals surface area contributed by atoms with Crippen LogP contribution in [0.1, 0.15) is 0 Å². The molecule has 0 atom stereocenters. The summed E-state index contributed by atoms with van der Waals surface area (Å²) in [6.45, 7) is 0. The lowest BCUT2D eigenvalue weighted by atomic mass is 10.5. The second-order valence-corrected chi connectivity index (χ2v) is 3.19. The van der Waals surface area contributed by atoms with Crippen molar-refractivity contribution in [1.82, 2.24) is 0 Å². The third kappa shape index (κ3) is 2.50. The largest absolute Gasteiger partial charge is 1.00 e. The highest BCUT2D eigenvalue weighted by Crippen LogP contribution is 2.11. The number of halogens is 3. The summed E-state index contributed by atoms with van der Waals surface area (Å²) in [5.41, 5.74) is 0. The van der Waals surface area contributed by atoms with Crippen LogP contribution in [0.5, 0.6) is 0 Å². The minimum absolute atomic E-state index is 0. The Hall–Kier alpha value is 0.900. The zero-order chi connectivity index (χ0) is 6.85. The number of rotatable bonds is 0. The van der Waals surface area contributed by atoms with E-state index in [0.717, 1.165) is 8.72 Å². The van der Waals surface area contributed by atoms with Gasteiger partial charge in [0.2, 0.25) is 0 Å².